The van der Waals surface area contributed by atoms with Crippen LogP contribution in [0.2, 0.25) is 0 Å². The summed E-state index contributed by atoms with van der Waals surface area (Å²) in [7, 11) is 4.56. The van der Waals surface area contributed by atoms with E-state index in [1.54, 1.807) is 52.8 Å². The Kier molecular flexibility index (Phi) is 26.9. The van der Waals surface area contributed by atoms with Crippen molar-refractivity contribution in [2.75, 3.05) is 59.7 Å². The molecule has 3 fully saturated rings. The average molecular weight is 1080 g/mol. The van der Waals surface area contributed by atoms with Crippen molar-refractivity contribution in [2.45, 2.75) is 180 Å². The van der Waals surface area contributed by atoms with Crippen LogP contribution in [0.4, 0.5) is 4.79 Å². The molecule has 3 heterocycles. The second kappa shape index (κ2) is 31.6. The van der Waals surface area contributed by atoms with Gasteiger partial charge in [-0.3, -0.25) is 19.2 Å². The van der Waals surface area contributed by atoms with Crippen LogP contribution in [0.15, 0.2) is 47.6 Å². The number of rotatable bonds is 13. The van der Waals surface area contributed by atoms with Crippen molar-refractivity contribution in [1.82, 2.24) is 4.90 Å². The number of nitrogens with zero attached hydrogens (tertiary/aromatic N) is 1. The zero-order valence-electron chi connectivity index (χ0n) is 46.5. The van der Waals surface area contributed by atoms with Crippen LogP contribution in [0.25, 0.3) is 0 Å². The number of cyclic esters (lactones) is 1. The standard InChI is InChI=1S/C57H89NO16S/c1-35-17-13-12-14-18-36(2)47(67-8)33-43-22-20-41(7)57(66,74-43)53(62)54(63)58-24-16-15-19-44(58)55(64)73-48(34-45(59)37(3)30-40(6)51(61)52(69-10)50(60)39(5)29-35)38(4)31-42-21-23-46(49(32-42)68-9)70-25-26-71-56(65)72-27-28-75-11/h12-14,17-18,30,35,37-39,41-44,46-49,51-52,61,66H,15-16,19-29,31-34H2,1-11H3/b14-12+,17-13+,36-18+,40-30+/t35-,37-,38-,39-,41-,42+,43+,44+,46-,47+,48+,49-,51-,52+,57-/m1/s1. The van der Waals surface area contributed by atoms with Crippen LogP contribution in [-0.2, 0) is 61.9 Å². The minimum Gasteiger partial charge on any atom is -0.460 e. The lowest BCUT2D eigenvalue weighted by molar-refractivity contribution is -0.265. The molecule has 4 rings (SSSR count). The van der Waals surface area contributed by atoms with Gasteiger partial charge in [-0.1, -0.05) is 71.1 Å². The van der Waals surface area contributed by atoms with Gasteiger partial charge in [0, 0.05) is 64.2 Å². The van der Waals surface area contributed by atoms with Gasteiger partial charge >= 0.3 is 12.1 Å². The molecule has 1 saturated carbocycles. The van der Waals surface area contributed by atoms with Crippen molar-refractivity contribution >= 4 is 47.1 Å². The highest BCUT2D eigenvalue weighted by Crippen LogP contribution is 2.38. The molecule has 424 valence electrons. The number of hydrogen-bond donors (Lipinski definition) is 2. The molecule has 18 heteroatoms. The van der Waals surface area contributed by atoms with E-state index >= 15 is 0 Å². The van der Waals surface area contributed by atoms with Crippen LogP contribution in [0.5, 0.6) is 0 Å². The van der Waals surface area contributed by atoms with Gasteiger partial charge in [-0.15, -0.1) is 0 Å². The third kappa shape index (κ3) is 18.7. The van der Waals surface area contributed by atoms with Crippen LogP contribution in [0.1, 0.15) is 126 Å². The number of esters is 1. The summed E-state index contributed by atoms with van der Waals surface area (Å²) < 4.78 is 46.2. The van der Waals surface area contributed by atoms with E-state index in [9.17, 15) is 39.0 Å². The van der Waals surface area contributed by atoms with E-state index in [4.69, 9.17) is 37.9 Å². The number of carbonyl (C=O) groups is 6. The zero-order valence-corrected chi connectivity index (χ0v) is 47.3. The van der Waals surface area contributed by atoms with Gasteiger partial charge < -0.3 is 53.0 Å². The van der Waals surface area contributed by atoms with Crippen molar-refractivity contribution in [3.8, 4) is 0 Å². The lowest BCUT2D eigenvalue weighted by Gasteiger charge is -2.42. The number of Topliss-reactive ketones (excluding diaryl/α,β-unsaturated/α-hetero) is 3. The molecule has 0 spiro atoms. The fourth-order valence-electron chi connectivity index (χ4n) is 10.9. The monoisotopic (exact) mass is 1080 g/mol. The summed E-state index contributed by atoms with van der Waals surface area (Å²) in [5.74, 6) is -7.53. The summed E-state index contributed by atoms with van der Waals surface area (Å²) in [6.07, 6.45) is 12.6. The van der Waals surface area contributed by atoms with Crippen LogP contribution in [0.3, 0.4) is 0 Å². The molecule has 4 aliphatic rings. The summed E-state index contributed by atoms with van der Waals surface area (Å²) in [6, 6.07) is -1.17. The highest BCUT2D eigenvalue weighted by molar-refractivity contribution is 7.98. The Labute approximate surface area is 450 Å². The first kappa shape index (κ1) is 63.8. The molecule has 2 saturated heterocycles. The topological polar surface area (TPSA) is 220 Å². The third-order valence-corrected chi connectivity index (χ3v) is 16.2. The van der Waals surface area contributed by atoms with E-state index in [0.29, 0.717) is 69.1 Å². The Morgan fingerprint density at radius 2 is 1.59 bits per heavy atom. The molecule has 75 heavy (non-hydrogen) atoms. The lowest BCUT2D eigenvalue weighted by atomic mass is 9.78. The van der Waals surface area contributed by atoms with Gasteiger partial charge in [0.15, 0.2) is 5.78 Å². The van der Waals surface area contributed by atoms with Crippen molar-refractivity contribution < 1.29 is 76.9 Å². The maximum Gasteiger partial charge on any atom is 0.508 e. The van der Waals surface area contributed by atoms with Gasteiger partial charge in [0.1, 0.15) is 43.4 Å². The minimum atomic E-state index is -2.45. The summed E-state index contributed by atoms with van der Waals surface area (Å²) >= 11 is 1.56. The molecule has 0 aromatic heterocycles. The predicted octanol–water partition coefficient (Wildman–Crippen LogP) is 7.72. The number of allylic oxidation sites excluding steroid dienone is 6. The van der Waals surface area contributed by atoms with Gasteiger partial charge in [0.25, 0.3) is 11.7 Å². The summed E-state index contributed by atoms with van der Waals surface area (Å²) in [6.45, 7) is 13.2. The SMILES string of the molecule is CO[C@H]1C[C@@H]2CC[C@@H](C)[C@@](O)(O2)C(=O)C(=O)N2CCCC[C@H]2C(=O)O[C@H]([C@H](C)C[C@@H]2CC[C@@H](OCCOC(=O)OCCSC)[C@H](OC)C2)CC(=O)[C@H](C)/C=C(\C)[C@@H](O)[C@@H](OC)C(=O)[C@H](C)C[C@H](C)/C=C/C=C/C=C/1C. The van der Waals surface area contributed by atoms with Gasteiger partial charge in [0.05, 0.1) is 31.0 Å². The van der Waals surface area contributed by atoms with Gasteiger partial charge in [-0.05, 0) is 113 Å². The number of ether oxygens (including phenoxy) is 8. The molecule has 17 nitrogen and oxygen atoms in total. The van der Waals surface area contributed by atoms with Crippen LogP contribution in [0, 0.1) is 35.5 Å². The number of thioether (sulfide) groups is 1. The van der Waals surface area contributed by atoms with Crippen molar-refractivity contribution in [1.29, 1.82) is 0 Å². The van der Waals surface area contributed by atoms with Gasteiger partial charge in [-0.2, -0.15) is 11.8 Å². The zero-order chi connectivity index (χ0) is 55.4. The quantitative estimate of drug-likeness (QED) is 0.0780. The first-order chi connectivity index (χ1) is 35.7. The van der Waals surface area contributed by atoms with E-state index in [1.165, 1.54) is 12.0 Å². The second-order valence-electron chi connectivity index (χ2n) is 21.4. The van der Waals surface area contributed by atoms with Crippen molar-refractivity contribution in [3.05, 3.63) is 47.6 Å². The molecule has 0 aromatic carbocycles. The number of amides is 1. The molecular weight excluding hydrogens is 987 g/mol. The van der Waals surface area contributed by atoms with Crippen LogP contribution < -0.4 is 0 Å². The molecule has 2 N–H and O–H groups in total. The third-order valence-electron chi connectivity index (χ3n) is 15.6. The van der Waals surface area contributed by atoms with Gasteiger partial charge in [-0.25, -0.2) is 9.59 Å². The van der Waals surface area contributed by atoms with Crippen molar-refractivity contribution in [3.63, 3.8) is 0 Å². The summed E-state index contributed by atoms with van der Waals surface area (Å²) in [5, 5.41) is 23.6. The molecular formula is C57H89NO16S. The largest absolute Gasteiger partial charge is 0.508 e. The Bertz CT molecular complexity index is 2010. The highest BCUT2D eigenvalue weighted by atomic mass is 32.2. The molecule has 3 aliphatic heterocycles. The Hall–Kier alpha value is -3.75. The average Bonchev–Trinajstić information content (AvgIpc) is 3.39. The van der Waals surface area contributed by atoms with E-state index in [-0.39, 0.29) is 80.7 Å². The van der Waals surface area contributed by atoms with Crippen molar-refractivity contribution in [2.24, 2.45) is 35.5 Å². The maximum absolute atomic E-state index is 14.6. The molecule has 0 aromatic rings. The van der Waals surface area contributed by atoms with E-state index in [1.807, 2.05) is 64.3 Å². The lowest BCUT2D eigenvalue weighted by Crippen LogP contribution is -2.61. The Morgan fingerprint density at radius 3 is 2.28 bits per heavy atom. The summed E-state index contributed by atoms with van der Waals surface area (Å²) in [4.78, 5) is 84.5. The minimum absolute atomic E-state index is 0.00469. The number of carbonyl (C=O) groups excluding carboxylic acids is 6. The molecule has 1 amide bonds. The summed E-state index contributed by atoms with van der Waals surface area (Å²) in [5.41, 5.74) is 1.25. The number of aliphatic hydroxyl groups excluding tert-OH is 1. The number of aliphatic hydroxyl groups is 2. The van der Waals surface area contributed by atoms with Crippen LogP contribution in [-0.4, -0.2) is 165 Å². The molecule has 2 bridgehead atoms. The highest BCUT2D eigenvalue weighted by Gasteiger charge is 2.53. The number of hydrogen-bond acceptors (Lipinski definition) is 17. The van der Waals surface area contributed by atoms with Gasteiger partial charge in [0.2, 0.25) is 5.79 Å². The maximum atomic E-state index is 14.6. The number of methoxy groups -OCH3 is 3. The fraction of sp³-hybridized carbons (Fsp3) is 0.754. The Morgan fingerprint density at radius 1 is 0.853 bits per heavy atom. The Balaban J connectivity index is 1.63. The number of piperidine rings is 1. The van der Waals surface area contributed by atoms with Crippen LogP contribution >= 0.6 is 11.8 Å². The van der Waals surface area contributed by atoms with E-state index in [0.717, 1.165) is 12.0 Å². The van der Waals surface area contributed by atoms with E-state index in [2.05, 4.69) is 0 Å². The number of ketones is 3. The molecule has 1 aliphatic carbocycles. The molecule has 0 unspecified atom stereocenters. The van der Waals surface area contributed by atoms with E-state index < -0.39 is 83.9 Å². The molecule has 0 radical (unpaired) electrons. The smallest absolute Gasteiger partial charge is 0.460 e. The molecule has 15 atom stereocenters. The normalized spacial score (nSPS) is 36.5. The second-order valence-corrected chi connectivity index (χ2v) is 22.4. The first-order valence-electron chi connectivity index (χ1n) is 27.1. The predicted molar refractivity (Wildman–Crippen MR) is 285 cm³/mol. The first-order valence-corrected chi connectivity index (χ1v) is 28.5. The fourth-order valence-corrected chi connectivity index (χ4v) is 11.1. The number of fused-ring (bicyclic) bond motifs is 3.